The van der Waals surface area contributed by atoms with Gasteiger partial charge in [0.15, 0.2) is 0 Å². The number of rotatable bonds is 7. The molecule has 2 aliphatic carbocycles. The second-order valence-corrected chi connectivity index (χ2v) is 13.8. The summed E-state index contributed by atoms with van der Waals surface area (Å²) < 4.78 is 0. The van der Waals surface area contributed by atoms with Gasteiger partial charge in [0, 0.05) is 8.07 Å². The molecule has 0 spiro atoms. The summed E-state index contributed by atoms with van der Waals surface area (Å²) in [6.45, 7) is 13.9. The first-order chi connectivity index (χ1) is 13.4. The van der Waals surface area contributed by atoms with E-state index in [2.05, 4.69) is 57.8 Å². The maximum atomic E-state index is 4.89. The van der Waals surface area contributed by atoms with Crippen LogP contribution >= 0.6 is 0 Å². The molecule has 1 aromatic rings. The molecule has 2 aliphatic rings. The molecular formula is C26H37NSiZr+2. The SMILES string of the molecule is [CH2-][C@H](C[Si](C)(C)C)[C@@H](CCC)[N-]c1ccccc1.[CH]1[CH][CH][CH][CH]1.[CH]1[CH][CH][CH][CH]1.[Zr+4]. The summed E-state index contributed by atoms with van der Waals surface area (Å²) in [6.07, 6.45) is 22.3. The van der Waals surface area contributed by atoms with Crippen LogP contribution in [-0.4, -0.2) is 14.1 Å². The van der Waals surface area contributed by atoms with Gasteiger partial charge in [0.1, 0.15) is 0 Å². The molecule has 0 unspecified atom stereocenters. The minimum absolute atomic E-state index is 0. The second kappa shape index (κ2) is 17.8. The van der Waals surface area contributed by atoms with Crippen LogP contribution < -0.4 is 0 Å². The van der Waals surface area contributed by atoms with Crippen LogP contribution in [0.4, 0.5) is 5.69 Å². The molecule has 3 heteroatoms. The summed E-state index contributed by atoms with van der Waals surface area (Å²) in [5, 5.41) is 4.89. The van der Waals surface area contributed by atoms with Gasteiger partial charge in [0.05, 0.1) is 0 Å². The fourth-order valence-corrected chi connectivity index (χ4v) is 4.82. The van der Waals surface area contributed by atoms with Gasteiger partial charge < -0.3 is 12.2 Å². The van der Waals surface area contributed by atoms with Crippen LogP contribution in [0.25, 0.3) is 5.32 Å². The van der Waals surface area contributed by atoms with Crippen LogP contribution in [0.1, 0.15) is 19.8 Å². The van der Waals surface area contributed by atoms with E-state index in [0.717, 1.165) is 12.1 Å². The maximum Gasteiger partial charge on any atom is 4.00 e. The molecule has 152 valence electrons. The van der Waals surface area contributed by atoms with Crippen LogP contribution in [-0.2, 0) is 26.2 Å². The Labute approximate surface area is 203 Å². The molecule has 2 atom stereocenters. The second-order valence-electron chi connectivity index (χ2n) is 8.27. The smallest absolute Gasteiger partial charge is 0.683 e. The van der Waals surface area contributed by atoms with E-state index in [1.165, 1.54) is 12.5 Å². The molecular weight excluding hydrogens is 446 g/mol. The van der Waals surface area contributed by atoms with Gasteiger partial charge in [0.25, 0.3) is 0 Å². The number of para-hydroxylation sites is 1. The van der Waals surface area contributed by atoms with Crippen molar-refractivity contribution in [3.8, 4) is 0 Å². The minimum Gasteiger partial charge on any atom is -0.683 e. The Bertz CT molecular complexity index is 438. The van der Waals surface area contributed by atoms with E-state index in [-0.39, 0.29) is 26.2 Å². The van der Waals surface area contributed by atoms with E-state index in [1.54, 1.807) is 0 Å². The normalized spacial score (nSPS) is 17.7. The summed E-state index contributed by atoms with van der Waals surface area (Å²) in [6, 6.07) is 12.0. The van der Waals surface area contributed by atoms with Gasteiger partial charge >= 0.3 is 26.2 Å². The van der Waals surface area contributed by atoms with Gasteiger partial charge in [-0.25, -0.2) is 0 Å². The van der Waals surface area contributed by atoms with Crippen molar-refractivity contribution in [3.63, 3.8) is 0 Å². The molecule has 0 bridgehead atoms. The van der Waals surface area contributed by atoms with Gasteiger partial charge in [-0.2, -0.15) is 5.92 Å². The van der Waals surface area contributed by atoms with Gasteiger partial charge in [-0.15, -0.1) is 11.7 Å². The van der Waals surface area contributed by atoms with Crippen molar-refractivity contribution in [1.29, 1.82) is 0 Å². The van der Waals surface area contributed by atoms with Crippen LogP contribution in [0, 0.1) is 77.0 Å². The van der Waals surface area contributed by atoms with Crippen molar-refractivity contribution in [1.82, 2.24) is 0 Å². The number of hydrogen-bond acceptors (Lipinski definition) is 0. The van der Waals surface area contributed by atoms with Crippen molar-refractivity contribution in [2.24, 2.45) is 5.92 Å². The molecule has 1 nitrogen and oxygen atoms in total. The zero-order chi connectivity index (χ0) is 20.7. The molecule has 0 saturated heterocycles. The third kappa shape index (κ3) is 16.5. The standard InChI is InChI=1S/C16H27NSi.2C5H5.Zr/c1-6-10-16(14(2)13-18(3,4)5)17-15-11-8-7-9-12-15;2*1-2-4-5-3-1;/h7-9,11-12,14,16H,2,6,10,13H2,1,3-5H3;2*1-5H;/q-2;;;+4/t14-,16-;;;/m1.../s1. The molecule has 0 aliphatic heterocycles. The van der Waals surface area contributed by atoms with Crippen molar-refractivity contribution >= 4 is 13.8 Å². The summed E-state index contributed by atoms with van der Waals surface area (Å²) >= 11 is 0. The van der Waals surface area contributed by atoms with Crippen LogP contribution in [0.2, 0.25) is 25.7 Å². The first-order valence-electron chi connectivity index (χ1n) is 10.3. The molecule has 0 aromatic heterocycles. The largest absolute Gasteiger partial charge is 4.00 e. The van der Waals surface area contributed by atoms with E-state index >= 15 is 0 Å². The van der Waals surface area contributed by atoms with Gasteiger partial charge in [-0.3, -0.25) is 0 Å². The molecule has 10 radical (unpaired) electrons. The Balaban J connectivity index is 0.000000575. The topological polar surface area (TPSA) is 14.1 Å². The van der Waals surface area contributed by atoms with E-state index < -0.39 is 8.07 Å². The molecule has 0 heterocycles. The maximum absolute atomic E-state index is 4.89. The third-order valence-electron chi connectivity index (χ3n) is 4.19. The average Bonchev–Trinajstić information content (AvgIpc) is 3.39. The minimum atomic E-state index is -1.05. The summed E-state index contributed by atoms with van der Waals surface area (Å²) in [5.41, 5.74) is 1.10. The summed E-state index contributed by atoms with van der Waals surface area (Å²) in [5.74, 6) is 0.455. The Morgan fingerprint density at radius 3 is 1.55 bits per heavy atom. The zero-order valence-corrected chi connectivity index (χ0v) is 22.0. The fourth-order valence-electron chi connectivity index (χ4n) is 2.97. The third-order valence-corrected chi connectivity index (χ3v) is 5.93. The first kappa shape index (κ1) is 29.1. The molecule has 3 rings (SSSR count). The monoisotopic (exact) mass is 481 g/mol. The van der Waals surface area contributed by atoms with E-state index in [9.17, 15) is 0 Å². The number of benzene rings is 1. The Morgan fingerprint density at radius 2 is 1.21 bits per heavy atom. The Morgan fingerprint density at radius 1 is 0.793 bits per heavy atom. The van der Waals surface area contributed by atoms with Gasteiger partial charge in [-0.05, 0) is 64.2 Å². The molecule has 2 fully saturated rings. The fraction of sp³-hybridized carbons (Fsp3) is 0.346. The molecule has 29 heavy (non-hydrogen) atoms. The predicted molar refractivity (Wildman–Crippen MR) is 128 cm³/mol. The molecule has 0 N–H and O–H groups in total. The Kier molecular flexibility index (Phi) is 17.8. The van der Waals surface area contributed by atoms with E-state index in [1.807, 2.05) is 70.3 Å². The average molecular weight is 483 g/mol. The first-order valence-corrected chi connectivity index (χ1v) is 14.1. The van der Waals surface area contributed by atoms with Crippen LogP contribution in [0.15, 0.2) is 30.3 Å². The van der Waals surface area contributed by atoms with Gasteiger partial charge in [-0.1, -0.05) is 75.8 Å². The van der Waals surface area contributed by atoms with Crippen molar-refractivity contribution < 1.29 is 26.2 Å². The quantitative estimate of drug-likeness (QED) is 0.279. The van der Waals surface area contributed by atoms with Crippen LogP contribution in [0.3, 0.4) is 0 Å². The predicted octanol–water partition coefficient (Wildman–Crippen LogP) is 7.69. The summed E-state index contributed by atoms with van der Waals surface area (Å²) in [7, 11) is -1.05. The Hall–Kier alpha value is 0.120. The van der Waals surface area contributed by atoms with Crippen molar-refractivity contribution in [3.05, 3.63) is 107 Å². The van der Waals surface area contributed by atoms with Crippen molar-refractivity contribution in [2.45, 2.75) is 51.5 Å². The van der Waals surface area contributed by atoms with E-state index in [4.69, 9.17) is 5.32 Å². The number of nitrogens with zero attached hydrogens (tertiary/aromatic N) is 1. The summed E-state index contributed by atoms with van der Waals surface area (Å²) in [4.78, 5) is 0. The molecule has 2 saturated carbocycles. The number of hydrogen-bond donors (Lipinski definition) is 0. The van der Waals surface area contributed by atoms with Gasteiger partial charge in [0.2, 0.25) is 0 Å². The molecule has 1 aromatic carbocycles. The van der Waals surface area contributed by atoms with Crippen molar-refractivity contribution in [2.75, 3.05) is 0 Å². The van der Waals surface area contributed by atoms with E-state index in [0.29, 0.717) is 12.0 Å². The van der Waals surface area contributed by atoms with Crippen LogP contribution in [0.5, 0.6) is 0 Å². The zero-order valence-electron chi connectivity index (χ0n) is 18.6. The molecule has 0 amide bonds.